The second-order valence-corrected chi connectivity index (χ2v) is 3.99. The SMILES string of the molecule is O=c1ccc(-c2nc3ccc(Cl)cc3[nH]2)n[nH]1. The van der Waals surface area contributed by atoms with Gasteiger partial charge in [0, 0.05) is 11.1 Å². The largest absolute Gasteiger partial charge is 0.337 e. The third kappa shape index (κ3) is 1.81. The number of aromatic nitrogens is 4. The first-order valence-electron chi connectivity index (χ1n) is 4.94. The number of imidazole rings is 1. The summed E-state index contributed by atoms with van der Waals surface area (Å²) in [4.78, 5) is 18.4. The zero-order valence-electron chi connectivity index (χ0n) is 8.57. The van der Waals surface area contributed by atoms with E-state index in [4.69, 9.17) is 11.6 Å². The van der Waals surface area contributed by atoms with Gasteiger partial charge < -0.3 is 4.98 Å². The molecule has 1 aromatic carbocycles. The number of hydrogen-bond acceptors (Lipinski definition) is 3. The van der Waals surface area contributed by atoms with Gasteiger partial charge in [0.05, 0.1) is 11.0 Å². The van der Waals surface area contributed by atoms with Gasteiger partial charge in [-0.2, -0.15) is 5.10 Å². The van der Waals surface area contributed by atoms with Crippen molar-refractivity contribution in [2.24, 2.45) is 0 Å². The van der Waals surface area contributed by atoms with Gasteiger partial charge in [-0.3, -0.25) is 4.79 Å². The van der Waals surface area contributed by atoms with Crippen LogP contribution in [0.4, 0.5) is 0 Å². The van der Waals surface area contributed by atoms with Crippen molar-refractivity contribution in [3.8, 4) is 11.5 Å². The van der Waals surface area contributed by atoms with Crippen molar-refractivity contribution >= 4 is 22.6 Å². The monoisotopic (exact) mass is 246 g/mol. The summed E-state index contributed by atoms with van der Waals surface area (Å²) in [7, 11) is 0. The molecule has 2 heterocycles. The van der Waals surface area contributed by atoms with Crippen molar-refractivity contribution in [2.45, 2.75) is 0 Å². The lowest BCUT2D eigenvalue weighted by Gasteiger charge is -1.92. The predicted octanol–water partition coefficient (Wildman–Crippen LogP) is 1.97. The fourth-order valence-corrected chi connectivity index (χ4v) is 1.75. The maximum Gasteiger partial charge on any atom is 0.264 e. The van der Waals surface area contributed by atoms with Crippen LogP contribution in [0.3, 0.4) is 0 Å². The third-order valence-corrected chi connectivity index (χ3v) is 2.60. The Morgan fingerprint density at radius 3 is 2.82 bits per heavy atom. The average Bonchev–Trinajstić information content (AvgIpc) is 2.72. The van der Waals surface area contributed by atoms with Gasteiger partial charge >= 0.3 is 0 Å². The van der Waals surface area contributed by atoms with Crippen molar-refractivity contribution in [3.63, 3.8) is 0 Å². The van der Waals surface area contributed by atoms with Crippen LogP contribution in [0.15, 0.2) is 35.1 Å². The molecule has 0 saturated heterocycles. The quantitative estimate of drug-likeness (QED) is 0.689. The number of aromatic amines is 2. The van der Waals surface area contributed by atoms with Gasteiger partial charge in [0.25, 0.3) is 5.56 Å². The van der Waals surface area contributed by atoms with Gasteiger partial charge in [0.2, 0.25) is 0 Å². The minimum absolute atomic E-state index is 0.243. The Labute approximate surface area is 100 Å². The highest BCUT2D eigenvalue weighted by Gasteiger charge is 2.06. The summed E-state index contributed by atoms with van der Waals surface area (Å²) in [5.41, 5.74) is 1.97. The van der Waals surface area contributed by atoms with Crippen LogP contribution in [0.2, 0.25) is 5.02 Å². The second kappa shape index (κ2) is 3.71. The molecule has 0 saturated carbocycles. The van der Waals surface area contributed by atoms with E-state index in [1.807, 2.05) is 6.07 Å². The number of nitrogens with zero attached hydrogens (tertiary/aromatic N) is 2. The topological polar surface area (TPSA) is 74.4 Å². The molecule has 0 aliphatic heterocycles. The molecule has 0 amide bonds. The summed E-state index contributed by atoms with van der Waals surface area (Å²) in [6.07, 6.45) is 0. The summed E-state index contributed by atoms with van der Waals surface area (Å²) in [5.74, 6) is 0.596. The van der Waals surface area contributed by atoms with Gasteiger partial charge in [-0.15, -0.1) is 0 Å². The first kappa shape index (κ1) is 10.0. The van der Waals surface area contributed by atoms with Gasteiger partial charge in [0.15, 0.2) is 5.82 Å². The molecular formula is C11H7ClN4O. The van der Waals surface area contributed by atoms with Gasteiger partial charge in [-0.1, -0.05) is 11.6 Å². The average molecular weight is 247 g/mol. The molecule has 0 fully saturated rings. The number of fused-ring (bicyclic) bond motifs is 1. The van der Waals surface area contributed by atoms with E-state index in [0.717, 1.165) is 11.0 Å². The zero-order valence-corrected chi connectivity index (χ0v) is 9.32. The Morgan fingerprint density at radius 2 is 2.06 bits per heavy atom. The second-order valence-electron chi connectivity index (χ2n) is 3.55. The van der Waals surface area contributed by atoms with Crippen LogP contribution in [-0.2, 0) is 0 Å². The third-order valence-electron chi connectivity index (χ3n) is 2.37. The van der Waals surface area contributed by atoms with Crippen molar-refractivity contribution in [1.29, 1.82) is 0 Å². The standard InChI is InChI=1S/C11H7ClN4O/c12-6-1-2-7-9(5-6)14-11(13-7)8-3-4-10(17)16-15-8/h1-5H,(H,13,14)(H,16,17). The summed E-state index contributed by atoms with van der Waals surface area (Å²) >= 11 is 5.88. The Bertz CT molecular complexity index is 726. The maximum absolute atomic E-state index is 10.9. The number of benzene rings is 1. The molecule has 17 heavy (non-hydrogen) atoms. The number of nitrogens with one attached hydrogen (secondary N) is 2. The van der Waals surface area contributed by atoms with Crippen LogP contribution < -0.4 is 5.56 Å². The number of rotatable bonds is 1. The number of hydrogen-bond donors (Lipinski definition) is 2. The summed E-state index contributed by atoms with van der Waals surface area (Å²) in [6.45, 7) is 0. The molecule has 6 heteroatoms. The fourth-order valence-electron chi connectivity index (χ4n) is 1.58. The van der Waals surface area contributed by atoms with E-state index in [0.29, 0.717) is 16.5 Å². The van der Waals surface area contributed by atoms with Gasteiger partial charge in [-0.25, -0.2) is 10.1 Å². The highest BCUT2D eigenvalue weighted by atomic mass is 35.5. The number of H-pyrrole nitrogens is 2. The highest BCUT2D eigenvalue weighted by Crippen LogP contribution is 2.20. The Morgan fingerprint density at radius 1 is 1.18 bits per heavy atom. The number of halogens is 1. The molecule has 0 bridgehead atoms. The summed E-state index contributed by atoms with van der Waals surface area (Å²) < 4.78 is 0. The van der Waals surface area contributed by atoms with Crippen LogP contribution in [-0.4, -0.2) is 20.2 Å². The van der Waals surface area contributed by atoms with Crippen LogP contribution in [0.5, 0.6) is 0 Å². The predicted molar refractivity (Wildman–Crippen MR) is 65.0 cm³/mol. The highest BCUT2D eigenvalue weighted by molar-refractivity contribution is 6.31. The first-order chi connectivity index (χ1) is 8.22. The molecule has 0 radical (unpaired) electrons. The molecule has 5 nitrogen and oxygen atoms in total. The molecule has 2 aromatic heterocycles. The maximum atomic E-state index is 10.9. The molecule has 0 aliphatic rings. The van der Waals surface area contributed by atoms with Crippen molar-refractivity contribution in [2.75, 3.05) is 0 Å². The Kier molecular flexibility index (Phi) is 2.19. The van der Waals surface area contributed by atoms with Crippen LogP contribution in [0.1, 0.15) is 0 Å². The molecule has 0 atom stereocenters. The van der Waals surface area contributed by atoms with Crippen molar-refractivity contribution < 1.29 is 0 Å². The lowest BCUT2D eigenvalue weighted by molar-refractivity contribution is 0.985. The van der Waals surface area contributed by atoms with E-state index in [2.05, 4.69) is 20.2 Å². The molecule has 0 unspecified atom stereocenters. The molecular weight excluding hydrogens is 240 g/mol. The van der Waals surface area contributed by atoms with Crippen LogP contribution >= 0.6 is 11.6 Å². The normalized spacial score (nSPS) is 10.9. The molecule has 84 valence electrons. The zero-order chi connectivity index (χ0) is 11.8. The lowest BCUT2D eigenvalue weighted by atomic mass is 10.3. The molecule has 0 aliphatic carbocycles. The van der Waals surface area contributed by atoms with E-state index >= 15 is 0 Å². The lowest BCUT2D eigenvalue weighted by Crippen LogP contribution is -2.05. The van der Waals surface area contributed by atoms with Gasteiger partial charge in [0.1, 0.15) is 5.69 Å². The summed E-state index contributed by atoms with van der Waals surface area (Å²) in [5, 5.41) is 6.91. The van der Waals surface area contributed by atoms with Gasteiger partial charge in [-0.05, 0) is 24.3 Å². The Hall–Kier alpha value is -2.14. The van der Waals surface area contributed by atoms with Crippen molar-refractivity contribution in [3.05, 3.63) is 45.7 Å². The smallest absolute Gasteiger partial charge is 0.264 e. The minimum atomic E-state index is -0.243. The van der Waals surface area contributed by atoms with Crippen LogP contribution in [0, 0.1) is 0 Å². The van der Waals surface area contributed by atoms with Crippen molar-refractivity contribution in [1.82, 2.24) is 20.2 Å². The molecule has 3 aromatic rings. The van der Waals surface area contributed by atoms with E-state index in [1.54, 1.807) is 18.2 Å². The van der Waals surface area contributed by atoms with E-state index < -0.39 is 0 Å². The van der Waals surface area contributed by atoms with Crippen LogP contribution in [0.25, 0.3) is 22.6 Å². The van der Waals surface area contributed by atoms with E-state index in [-0.39, 0.29) is 5.56 Å². The summed E-state index contributed by atoms with van der Waals surface area (Å²) in [6, 6.07) is 8.40. The van der Waals surface area contributed by atoms with E-state index in [9.17, 15) is 4.79 Å². The molecule has 3 rings (SSSR count). The molecule has 2 N–H and O–H groups in total. The Balaban J connectivity index is 2.17. The minimum Gasteiger partial charge on any atom is -0.337 e. The molecule has 0 spiro atoms. The first-order valence-corrected chi connectivity index (χ1v) is 5.31. The fraction of sp³-hybridized carbons (Fsp3) is 0. The van der Waals surface area contributed by atoms with E-state index in [1.165, 1.54) is 6.07 Å².